The van der Waals surface area contributed by atoms with E-state index in [0.29, 0.717) is 63.1 Å². The molecule has 3 aliphatic heterocycles. The van der Waals surface area contributed by atoms with Gasteiger partial charge in [0.05, 0.1) is 60.8 Å². The van der Waals surface area contributed by atoms with Gasteiger partial charge in [-0.2, -0.15) is 11.8 Å². The summed E-state index contributed by atoms with van der Waals surface area (Å²) in [6.45, 7) is 15.0. The number of hydrogen-bond donors (Lipinski definition) is 7. The van der Waals surface area contributed by atoms with Crippen LogP contribution >= 0.6 is 11.8 Å². The molecule has 1 fully saturated rings. The topological polar surface area (TPSA) is 323 Å². The molecule has 4 aliphatic rings. The molecule has 2 aromatic heterocycles. The number of primary amides is 1. The predicted octanol–water partition coefficient (Wildman–Crippen LogP) is 3.24. The molecule has 8 N–H and O–H groups in total. The van der Waals surface area contributed by atoms with E-state index in [-0.39, 0.29) is 106 Å². The summed E-state index contributed by atoms with van der Waals surface area (Å²) in [6, 6.07) is 5.33. The van der Waals surface area contributed by atoms with Gasteiger partial charge in [-0.15, -0.1) is 0 Å². The number of nitrogens with two attached hydrogens (primary N) is 1. The normalized spacial score (nSPS) is 17.3. The van der Waals surface area contributed by atoms with Crippen LogP contribution in [0.3, 0.4) is 0 Å². The molecule has 24 nitrogen and oxygen atoms in total. The first-order valence-corrected chi connectivity index (χ1v) is 27.8. The van der Waals surface area contributed by atoms with Gasteiger partial charge in [0.1, 0.15) is 31.1 Å². The Labute approximate surface area is 480 Å². The van der Waals surface area contributed by atoms with Crippen LogP contribution < -0.4 is 37.9 Å². The average Bonchev–Trinajstić information content (AvgIpc) is 2.85. The van der Waals surface area contributed by atoms with Crippen LogP contribution in [0.15, 0.2) is 78.7 Å². The summed E-state index contributed by atoms with van der Waals surface area (Å²) in [5, 5.41) is 25.5. The zero-order valence-electron chi connectivity index (χ0n) is 46.0. The highest BCUT2D eigenvalue weighted by Gasteiger charge is 2.46. The second kappa shape index (κ2) is 25.5. The molecule has 438 valence electrons. The van der Waals surface area contributed by atoms with Crippen LogP contribution in [0.2, 0.25) is 0 Å². The lowest BCUT2D eigenvalue weighted by molar-refractivity contribution is -0.172. The number of thioether (sulfide) groups is 1. The molecule has 0 saturated carbocycles. The predicted molar refractivity (Wildman–Crippen MR) is 302 cm³/mol. The number of cyclic esters (lactones) is 1. The number of carbonyl (C=O) groups excluding carboxylic acids is 9. The van der Waals surface area contributed by atoms with E-state index in [2.05, 4.69) is 46.3 Å². The standard InChI is InChI=1S/C57H64FN11O13S/c1-7-44(71)66-27-67(45(72)8-2)29-68(28-66)46(73)18-20-83-26-43(70)65-49(30(4)5)52(75)63-40(11-10-19-60-55(59)78)51(74)61-33-14-12-32(13-15-33)24-82-56(79)64-39-17-16-34-31(6)38(58)22-41-47(34)48(39)35-23-69-42(50(35)62-41)21-37-36(53(69)76)25-81-54(77)57(37,80)9-3/h7-8,12-15,21-22,39-40,49,80H,1-2,4,9-11,16-20,23-29H2,3,5-6H3,(H,61,74)(H,63,75)(H,64,79)(H,65,70)(H3,59,60,78)/t39-,40-,49-,57-/m0/s1. The van der Waals surface area contributed by atoms with E-state index >= 15 is 4.39 Å². The van der Waals surface area contributed by atoms with Crippen LogP contribution in [0.1, 0.15) is 90.9 Å². The summed E-state index contributed by atoms with van der Waals surface area (Å²) in [7, 11) is 0. The van der Waals surface area contributed by atoms with Gasteiger partial charge in [0, 0.05) is 47.0 Å². The monoisotopic (exact) mass is 1160 g/mol. The minimum Gasteiger partial charge on any atom is -0.458 e. The maximum absolute atomic E-state index is 15.5. The number of hydrogen-bond acceptors (Lipinski definition) is 15. The van der Waals surface area contributed by atoms with E-state index in [9.17, 15) is 53.1 Å². The van der Waals surface area contributed by atoms with Crippen LogP contribution in [-0.2, 0) is 74.8 Å². The Balaban J connectivity index is 0.877. The minimum absolute atomic E-state index is 0.0285. The molecule has 1 aliphatic carbocycles. The number of ether oxygens (including phenoxy) is 2. The zero-order chi connectivity index (χ0) is 60.0. The van der Waals surface area contributed by atoms with Crippen molar-refractivity contribution in [2.45, 2.75) is 103 Å². The number of aromatic nitrogens is 2. The number of urea groups is 1. The van der Waals surface area contributed by atoms with Crippen molar-refractivity contribution in [2.24, 2.45) is 5.73 Å². The highest BCUT2D eigenvalue weighted by atomic mass is 32.2. The number of nitrogens with zero attached hydrogens (tertiary/aromatic N) is 5. The molecule has 5 heterocycles. The summed E-state index contributed by atoms with van der Waals surface area (Å²) >= 11 is 1.11. The largest absolute Gasteiger partial charge is 0.458 e. The average molecular weight is 1160 g/mol. The molecule has 0 spiro atoms. The van der Waals surface area contributed by atoms with Gasteiger partial charge in [-0.25, -0.2) is 23.8 Å². The number of carbonyl (C=O) groups is 9. The Morgan fingerprint density at radius 2 is 1.66 bits per heavy atom. The number of aryl methyl sites for hydroxylation is 1. The molecule has 4 aromatic rings. The third-order valence-corrected chi connectivity index (χ3v) is 15.9. The van der Waals surface area contributed by atoms with Crippen molar-refractivity contribution < 1.29 is 62.1 Å². The molecule has 0 radical (unpaired) electrons. The Morgan fingerprint density at radius 3 is 2.31 bits per heavy atom. The van der Waals surface area contributed by atoms with Gasteiger partial charge in [-0.1, -0.05) is 38.8 Å². The third-order valence-electron chi connectivity index (χ3n) is 15.0. The third kappa shape index (κ3) is 12.9. The van der Waals surface area contributed by atoms with Gasteiger partial charge in [-0.05, 0) is 104 Å². The lowest BCUT2D eigenvalue weighted by Gasteiger charge is -2.41. The van der Waals surface area contributed by atoms with Crippen LogP contribution in [0.25, 0.3) is 22.3 Å². The van der Waals surface area contributed by atoms with E-state index in [1.807, 2.05) is 0 Å². The summed E-state index contributed by atoms with van der Waals surface area (Å²) in [5.41, 5.74) is 7.47. The molecule has 0 unspecified atom stereocenters. The second-order valence-corrected chi connectivity index (χ2v) is 21.6. The Hall–Kier alpha value is -8.91. The van der Waals surface area contributed by atoms with Gasteiger partial charge in [-0.3, -0.25) is 33.6 Å². The lowest BCUT2D eigenvalue weighted by Crippen LogP contribution is -2.59. The van der Waals surface area contributed by atoms with Gasteiger partial charge in [0.2, 0.25) is 35.4 Å². The maximum atomic E-state index is 15.5. The number of pyridine rings is 2. The number of benzene rings is 2. The minimum atomic E-state index is -2.06. The first-order valence-electron chi connectivity index (χ1n) is 26.7. The molecule has 1 saturated heterocycles. The number of amides is 9. The van der Waals surface area contributed by atoms with Crippen LogP contribution in [0.4, 0.5) is 19.7 Å². The van der Waals surface area contributed by atoms with Gasteiger partial charge < -0.3 is 66.2 Å². The molecule has 83 heavy (non-hydrogen) atoms. The van der Waals surface area contributed by atoms with Crippen molar-refractivity contribution >= 4 is 81.9 Å². The first-order chi connectivity index (χ1) is 39.6. The van der Waals surface area contributed by atoms with Crippen LogP contribution in [0.5, 0.6) is 0 Å². The zero-order valence-corrected chi connectivity index (χ0v) is 46.8. The van der Waals surface area contributed by atoms with E-state index in [0.717, 1.165) is 29.5 Å². The lowest BCUT2D eigenvalue weighted by atomic mass is 9.81. The van der Waals surface area contributed by atoms with E-state index < -0.39 is 82.7 Å². The van der Waals surface area contributed by atoms with E-state index in [1.165, 1.54) is 32.3 Å². The number of alkyl carbamates (subject to hydrolysis) is 1. The fraction of sp³-hybridized carbons (Fsp3) is 0.386. The molecular formula is C57H64FN11O13S. The van der Waals surface area contributed by atoms with Crippen molar-refractivity contribution in [2.75, 3.05) is 43.4 Å². The highest BCUT2D eigenvalue weighted by molar-refractivity contribution is 7.99. The molecule has 26 heteroatoms. The number of nitrogens with one attached hydrogen (secondary N) is 5. The summed E-state index contributed by atoms with van der Waals surface area (Å²) in [4.78, 5) is 139. The smallest absolute Gasteiger partial charge is 0.407 e. The van der Waals surface area contributed by atoms with Gasteiger partial charge in [0.15, 0.2) is 5.60 Å². The number of esters is 1. The number of anilines is 1. The first kappa shape index (κ1) is 60.2. The second-order valence-electron chi connectivity index (χ2n) is 20.5. The van der Waals surface area contributed by atoms with Gasteiger partial charge >= 0.3 is 18.1 Å². The summed E-state index contributed by atoms with van der Waals surface area (Å²) in [5.74, 6) is -4.59. The number of halogens is 1. The fourth-order valence-corrected chi connectivity index (χ4v) is 11.3. The van der Waals surface area contributed by atoms with E-state index in [1.54, 1.807) is 44.2 Å². The molecule has 4 atom stereocenters. The Bertz CT molecular complexity index is 3420. The van der Waals surface area contributed by atoms with Crippen molar-refractivity contribution in [1.82, 2.24) is 45.5 Å². The van der Waals surface area contributed by atoms with E-state index in [4.69, 9.17) is 20.2 Å². The molecule has 2 aromatic carbocycles. The number of aliphatic hydroxyl groups is 1. The quantitative estimate of drug-likeness (QED) is 0.0240. The highest BCUT2D eigenvalue weighted by Crippen LogP contribution is 2.46. The fourth-order valence-electron chi connectivity index (χ4n) is 10.5. The molecule has 9 amide bonds. The van der Waals surface area contributed by atoms with Crippen molar-refractivity contribution in [3.8, 4) is 11.4 Å². The van der Waals surface area contributed by atoms with Crippen molar-refractivity contribution in [3.05, 3.63) is 129 Å². The Kier molecular flexibility index (Phi) is 18.5. The van der Waals surface area contributed by atoms with Crippen molar-refractivity contribution in [1.29, 1.82) is 0 Å². The van der Waals surface area contributed by atoms with Crippen LogP contribution in [-0.4, -0.2) is 133 Å². The maximum Gasteiger partial charge on any atom is 0.407 e. The Morgan fingerprint density at radius 1 is 0.976 bits per heavy atom. The number of fused-ring (bicyclic) bond motifs is 5. The summed E-state index contributed by atoms with van der Waals surface area (Å²) in [6.07, 6.45) is 2.28. The van der Waals surface area contributed by atoms with Crippen LogP contribution in [0, 0.1) is 12.7 Å². The molecule has 0 bridgehead atoms. The molecular weight excluding hydrogens is 1100 g/mol. The molecule has 8 rings (SSSR count). The SMILES string of the molecule is C=CC(=O)N1CN(C(=O)C=C)CN(C(=O)CCSCC(=O)N[C@@H](C(=C)C)C(=O)N[C@@H](CCCNC(N)=O)C(=O)Nc2ccc(COC(=O)N[C@H]3CCc4c(C)c(F)cc5nc6c(c3c45)Cn3c-6cc4c(c3=O)COC(=O)[C@]4(O)CC)cc2)C1. The van der Waals surface area contributed by atoms with Gasteiger partial charge in [0.25, 0.3) is 5.56 Å². The van der Waals surface area contributed by atoms with Crippen molar-refractivity contribution in [3.63, 3.8) is 0 Å². The number of rotatable bonds is 21. The summed E-state index contributed by atoms with van der Waals surface area (Å²) < 4.78 is 27.9.